The molecule has 3 fully saturated rings. The van der Waals surface area contributed by atoms with Gasteiger partial charge in [0, 0.05) is 38.0 Å². The van der Waals surface area contributed by atoms with Crippen LogP contribution in [-0.4, -0.2) is 72.2 Å². The molecule has 0 unspecified atom stereocenters. The van der Waals surface area contributed by atoms with Crippen molar-refractivity contribution in [1.29, 1.82) is 0 Å². The minimum absolute atomic E-state index is 0.00668. The number of carbonyl (C=O) groups is 3. The maximum absolute atomic E-state index is 13.5. The standard InChI is InChI=1S/C27H29N3O5/c31-24(28-14-11-27(12-15-28)34-16-17-35-27)20-9-7-19(8-10-20)18-30-22-5-2-1-4-21(22)25(32)29-13-3-6-23(29)26(30)33/h1-2,4-5,7-10,23H,3,6,11-18H2/t23-/m1/s1. The van der Waals surface area contributed by atoms with E-state index in [4.69, 9.17) is 9.47 Å². The first-order valence-corrected chi connectivity index (χ1v) is 12.4. The van der Waals surface area contributed by atoms with Gasteiger partial charge < -0.3 is 24.2 Å². The zero-order chi connectivity index (χ0) is 24.0. The van der Waals surface area contributed by atoms with E-state index in [0.29, 0.717) is 75.5 Å². The fraction of sp³-hybridized carbons (Fsp3) is 0.444. The van der Waals surface area contributed by atoms with Crippen LogP contribution < -0.4 is 4.90 Å². The molecule has 182 valence electrons. The SMILES string of the molecule is O=C(c1ccc(CN2C(=O)[C@H]3CCCN3C(=O)c3ccccc32)cc1)N1CCC2(CC1)OCCO2. The largest absolute Gasteiger partial charge is 0.347 e. The topological polar surface area (TPSA) is 79.4 Å². The number of piperidine rings is 1. The second kappa shape index (κ2) is 8.77. The first-order valence-electron chi connectivity index (χ1n) is 12.4. The number of para-hydroxylation sites is 1. The van der Waals surface area contributed by atoms with Crippen LogP contribution in [0.4, 0.5) is 5.69 Å². The quantitative estimate of drug-likeness (QED) is 0.682. The molecule has 8 nitrogen and oxygen atoms in total. The van der Waals surface area contributed by atoms with Crippen LogP contribution in [0.5, 0.6) is 0 Å². The number of hydrogen-bond acceptors (Lipinski definition) is 5. The van der Waals surface area contributed by atoms with Crippen LogP contribution in [0.15, 0.2) is 48.5 Å². The van der Waals surface area contributed by atoms with Gasteiger partial charge in [0.25, 0.3) is 11.8 Å². The molecule has 0 N–H and O–H groups in total. The lowest BCUT2D eigenvalue weighted by Gasteiger charge is -2.37. The number of nitrogens with zero attached hydrogens (tertiary/aromatic N) is 3. The van der Waals surface area contributed by atoms with Crippen molar-refractivity contribution in [1.82, 2.24) is 9.80 Å². The van der Waals surface area contributed by atoms with Crippen LogP contribution in [0.25, 0.3) is 0 Å². The highest BCUT2D eigenvalue weighted by molar-refractivity contribution is 6.11. The van der Waals surface area contributed by atoms with Crippen LogP contribution in [0.3, 0.4) is 0 Å². The lowest BCUT2D eigenvalue weighted by molar-refractivity contribution is -0.181. The van der Waals surface area contributed by atoms with Gasteiger partial charge in [0.2, 0.25) is 5.91 Å². The molecular formula is C27H29N3O5. The van der Waals surface area contributed by atoms with Crippen molar-refractivity contribution in [2.45, 2.75) is 44.1 Å². The normalized spacial score (nSPS) is 23.4. The zero-order valence-corrected chi connectivity index (χ0v) is 19.7. The average Bonchev–Trinajstić information content (AvgIpc) is 3.56. The molecular weight excluding hydrogens is 446 g/mol. The highest BCUT2D eigenvalue weighted by atomic mass is 16.7. The van der Waals surface area contributed by atoms with E-state index in [2.05, 4.69) is 0 Å². The monoisotopic (exact) mass is 475 g/mol. The molecule has 2 aromatic rings. The van der Waals surface area contributed by atoms with Crippen molar-refractivity contribution in [3.8, 4) is 0 Å². The Hall–Kier alpha value is -3.23. The second-order valence-corrected chi connectivity index (χ2v) is 9.69. The third kappa shape index (κ3) is 3.90. The van der Waals surface area contributed by atoms with Crippen molar-refractivity contribution >= 4 is 23.4 Å². The Labute approximate surface area is 204 Å². The van der Waals surface area contributed by atoms with E-state index in [1.165, 1.54) is 0 Å². The summed E-state index contributed by atoms with van der Waals surface area (Å²) in [5.41, 5.74) is 2.75. The maximum atomic E-state index is 13.5. The minimum Gasteiger partial charge on any atom is -0.347 e. The average molecular weight is 476 g/mol. The van der Waals surface area contributed by atoms with Gasteiger partial charge in [-0.15, -0.1) is 0 Å². The van der Waals surface area contributed by atoms with Crippen LogP contribution in [-0.2, 0) is 20.8 Å². The molecule has 2 aromatic carbocycles. The molecule has 3 amide bonds. The lowest BCUT2D eigenvalue weighted by atomic mass is 10.0. The fourth-order valence-electron chi connectivity index (χ4n) is 5.73. The molecule has 1 atom stereocenters. The molecule has 8 heteroatoms. The van der Waals surface area contributed by atoms with Gasteiger partial charge in [-0.05, 0) is 42.7 Å². The third-order valence-electron chi connectivity index (χ3n) is 7.66. The Morgan fingerprint density at radius 3 is 2.40 bits per heavy atom. The number of amides is 3. The summed E-state index contributed by atoms with van der Waals surface area (Å²) in [6.45, 7) is 3.41. The summed E-state index contributed by atoms with van der Waals surface area (Å²) in [4.78, 5) is 44.9. The van der Waals surface area contributed by atoms with Gasteiger partial charge in [0.1, 0.15) is 6.04 Å². The minimum atomic E-state index is -0.507. The van der Waals surface area contributed by atoms with Gasteiger partial charge >= 0.3 is 0 Å². The number of anilines is 1. The second-order valence-electron chi connectivity index (χ2n) is 9.69. The molecule has 35 heavy (non-hydrogen) atoms. The summed E-state index contributed by atoms with van der Waals surface area (Å²) in [6.07, 6.45) is 2.90. The predicted octanol–water partition coefficient (Wildman–Crippen LogP) is 2.82. The molecule has 1 spiro atoms. The summed E-state index contributed by atoms with van der Waals surface area (Å²) in [5.74, 6) is -0.628. The number of likely N-dealkylation sites (tertiary alicyclic amines) is 1. The smallest absolute Gasteiger partial charge is 0.256 e. The van der Waals surface area contributed by atoms with E-state index in [1.807, 2.05) is 47.4 Å². The van der Waals surface area contributed by atoms with E-state index in [-0.39, 0.29) is 17.7 Å². The van der Waals surface area contributed by atoms with E-state index >= 15 is 0 Å². The molecule has 0 aliphatic carbocycles. The zero-order valence-electron chi connectivity index (χ0n) is 19.7. The highest BCUT2D eigenvalue weighted by Gasteiger charge is 2.42. The van der Waals surface area contributed by atoms with E-state index in [9.17, 15) is 14.4 Å². The number of benzene rings is 2. The van der Waals surface area contributed by atoms with Crippen molar-refractivity contribution < 1.29 is 23.9 Å². The van der Waals surface area contributed by atoms with Gasteiger partial charge in [0.15, 0.2) is 5.79 Å². The summed E-state index contributed by atoms with van der Waals surface area (Å²) in [5, 5.41) is 0. The van der Waals surface area contributed by atoms with Gasteiger partial charge in [-0.3, -0.25) is 14.4 Å². The Kier molecular flexibility index (Phi) is 5.57. The first kappa shape index (κ1) is 22.2. The molecule has 4 aliphatic rings. The van der Waals surface area contributed by atoms with Crippen LogP contribution >= 0.6 is 0 Å². The molecule has 6 rings (SSSR count). The van der Waals surface area contributed by atoms with Gasteiger partial charge in [-0.25, -0.2) is 0 Å². The lowest BCUT2D eigenvalue weighted by Crippen LogP contribution is -2.47. The molecule has 3 saturated heterocycles. The molecule has 0 radical (unpaired) electrons. The van der Waals surface area contributed by atoms with Crippen LogP contribution in [0.2, 0.25) is 0 Å². The van der Waals surface area contributed by atoms with E-state index in [1.54, 1.807) is 15.9 Å². The van der Waals surface area contributed by atoms with Gasteiger partial charge in [0.05, 0.1) is 31.0 Å². The molecule has 4 heterocycles. The Balaban J connectivity index is 1.19. The number of fused-ring (bicyclic) bond motifs is 2. The number of rotatable bonds is 3. The van der Waals surface area contributed by atoms with E-state index < -0.39 is 11.8 Å². The molecule has 4 aliphatic heterocycles. The molecule has 0 aromatic heterocycles. The Morgan fingerprint density at radius 1 is 0.943 bits per heavy atom. The Morgan fingerprint density at radius 2 is 1.66 bits per heavy atom. The predicted molar refractivity (Wildman–Crippen MR) is 128 cm³/mol. The van der Waals surface area contributed by atoms with Crippen molar-refractivity contribution in [2.75, 3.05) is 37.7 Å². The van der Waals surface area contributed by atoms with Crippen molar-refractivity contribution in [3.63, 3.8) is 0 Å². The number of carbonyl (C=O) groups excluding carboxylic acids is 3. The van der Waals surface area contributed by atoms with E-state index in [0.717, 1.165) is 12.0 Å². The Bertz CT molecular complexity index is 1150. The number of hydrogen-bond donors (Lipinski definition) is 0. The fourth-order valence-corrected chi connectivity index (χ4v) is 5.73. The highest BCUT2D eigenvalue weighted by Crippen LogP contribution is 2.34. The van der Waals surface area contributed by atoms with Crippen LogP contribution in [0, 0.1) is 0 Å². The number of ether oxygens (including phenoxy) is 2. The summed E-state index contributed by atoms with van der Waals surface area (Å²) in [7, 11) is 0. The summed E-state index contributed by atoms with van der Waals surface area (Å²) >= 11 is 0. The third-order valence-corrected chi connectivity index (χ3v) is 7.66. The van der Waals surface area contributed by atoms with Crippen molar-refractivity contribution in [3.05, 3.63) is 65.2 Å². The van der Waals surface area contributed by atoms with Gasteiger partial charge in [-0.1, -0.05) is 24.3 Å². The van der Waals surface area contributed by atoms with Crippen molar-refractivity contribution in [2.24, 2.45) is 0 Å². The summed E-state index contributed by atoms with van der Waals surface area (Å²) < 4.78 is 11.5. The van der Waals surface area contributed by atoms with Crippen LogP contribution in [0.1, 0.15) is 52.0 Å². The van der Waals surface area contributed by atoms with Gasteiger partial charge in [-0.2, -0.15) is 0 Å². The summed E-state index contributed by atoms with van der Waals surface area (Å²) in [6, 6.07) is 14.4. The molecule has 0 bridgehead atoms. The molecule has 0 saturated carbocycles. The maximum Gasteiger partial charge on any atom is 0.256 e. The first-order chi connectivity index (χ1) is 17.0.